The molecule has 1 fully saturated rings. The lowest BCUT2D eigenvalue weighted by Crippen LogP contribution is -2.45. The van der Waals surface area contributed by atoms with Crippen LogP contribution in [0, 0.1) is 0 Å². The van der Waals surface area contributed by atoms with E-state index in [4.69, 9.17) is 4.74 Å². The Bertz CT molecular complexity index is 835. The molecule has 28 heavy (non-hydrogen) atoms. The maximum atomic E-state index is 12.4. The third-order valence-electron chi connectivity index (χ3n) is 4.76. The second-order valence-corrected chi connectivity index (χ2v) is 7.90. The van der Waals surface area contributed by atoms with Gasteiger partial charge in [-0.2, -0.15) is 0 Å². The van der Waals surface area contributed by atoms with E-state index >= 15 is 0 Å². The van der Waals surface area contributed by atoms with Crippen LogP contribution < -0.4 is 0 Å². The van der Waals surface area contributed by atoms with Gasteiger partial charge in [-0.15, -0.1) is 11.8 Å². The summed E-state index contributed by atoms with van der Waals surface area (Å²) in [5.41, 5.74) is 2.75. The van der Waals surface area contributed by atoms with Gasteiger partial charge in [0.1, 0.15) is 5.25 Å². The molecule has 2 aromatic carbocycles. The summed E-state index contributed by atoms with van der Waals surface area (Å²) in [6.07, 6.45) is 0.313. The van der Waals surface area contributed by atoms with Crippen molar-refractivity contribution < 1.29 is 19.1 Å². The lowest BCUT2D eigenvalue weighted by atomic mass is 10.0. The van der Waals surface area contributed by atoms with E-state index in [9.17, 15) is 14.4 Å². The number of ether oxygens (including phenoxy) is 1. The fourth-order valence-corrected chi connectivity index (χ4v) is 4.28. The van der Waals surface area contributed by atoms with Crippen LogP contribution in [0.15, 0.2) is 54.6 Å². The van der Waals surface area contributed by atoms with Gasteiger partial charge in [0, 0.05) is 37.2 Å². The summed E-state index contributed by atoms with van der Waals surface area (Å²) in [6, 6.07) is 17.4. The predicted octanol–water partition coefficient (Wildman–Crippen LogP) is 3.43. The molecule has 1 atom stereocenters. The van der Waals surface area contributed by atoms with Crippen molar-refractivity contribution in [3.8, 4) is 11.1 Å². The second-order valence-electron chi connectivity index (χ2n) is 6.59. The summed E-state index contributed by atoms with van der Waals surface area (Å²) < 4.78 is 4.76. The fraction of sp³-hybridized carbons (Fsp3) is 0.318. The molecule has 146 valence electrons. The lowest BCUT2D eigenvalue weighted by Gasteiger charge is -2.31. The Hall–Kier alpha value is -2.60. The SMILES string of the molecule is COC(=O)[C@H]1CN(C(=O)CCC(=O)c2ccc(-c3ccccc3)cc2)CCS1. The Morgan fingerprint density at radius 1 is 1.00 bits per heavy atom. The number of amides is 1. The fourth-order valence-electron chi connectivity index (χ4n) is 3.15. The Morgan fingerprint density at radius 2 is 1.68 bits per heavy atom. The molecule has 0 aliphatic carbocycles. The van der Waals surface area contributed by atoms with E-state index in [1.54, 1.807) is 17.0 Å². The molecule has 1 aliphatic heterocycles. The third-order valence-corrected chi connectivity index (χ3v) is 5.93. The number of esters is 1. The van der Waals surface area contributed by atoms with Gasteiger partial charge in [-0.25, -0.2) is 0 Å². The van der Waals surface area contributed by atoms with Gasteiger partial charge in [0.25, 0.3) is 0 Å². The van der Waals surface area contributed by atoms with Crippen molar-refractivity contribution in [2.75, 3.05) is 26.0 Å². The molecule has 0 bridgehead atoms. The molecular weight excluding hydrogens is 374 g/mol. The maximum Gasteiger partial charge on any atom is 0.320 e. The van der Waals surface area contributed by atoms with Crippen LogP contribution in [0.25, 0.3) is 11.1 Å². The molecule has 5 nitrogen and oxygen atoms in total. The van der Waals surface area contributed by atoms with Crippen molar-refractivity contribution in [1.29, 1.82) is 0 Å². The molecule has 2 aromatic rings. The Morgan fingerprint density at radius 3 is 2.36 bits per heavy atom. The van der Waals surface area contributed by atoms with Gasteiger partial charge in [-0.05, 0) is 11.1 Å². The third kappa shape index (κ3) is 5.01. The molecule has 3 rings (SSSR count). The first-order valence-corrected chi connectivity index (χ1v) is 10.3. The number of Topliss-reactive ketones (excluding diaryl/α,β-unsaturated/α-hetero) is 1. The van der Waals surface area contributed by atoms with Crippen LogP contribution in [0.5, 0.6) is 0 Å². The van der Waals surface area contributed by atoms with Crippen LogP contribution >= 0.6 is 11.8 Å². The van der Waals surface area contributed by atoms with Crippen molar-refractivity contribution in [3.63, 3.8) is 0 Å². The van der Waals surface area contributed by atoms with Gasteiger partial charge in [0.05, 0.1) is 7.11 Å². The molecule has 1 heterocycles. The minimum absolute atomic E-state index is 0.0520. The van der Waals surface area contributed by atoms with E-state index in [2.05, 4.69) is 0 Å². The van der Waals surface area contributed by atoms with Gasteiger partial charge < -0.3 is 9.64 Å². The van der Waals surface area contributed by atoms with Crippen LogP contribution in [-0.4, -0.2) is 53.8 Å². The number of ketones is 1. The van der Waals surface area contributed by atoms with Gasteiger partial charge in [0.15, 0.2) is 5.78 Å². The molecule has 1 aliphatic rings. The molecule has 0 spiro atoms. The number of hydrogen-bond donors (Lipinski definition) is 0. The van der Waals surface area contributed by atoms with Crippen molar-refractivity contribution in [3.05, 3.63) is 60.2 Å². The quantitative estimate of drug-likeness (QED) is 0.552. The van der Waals surface area contributed by atoms with E-state index < -0.39 is 0 Å². The van der Waals surface area contributed by atoms with Crippen molar-refractivity contribution >= 4 is 29.4 Å². The zero-order valence-corrected chi connectivity index (χ0v) is 16.6. The van der Waals surface area contributed by atoms with Crippen LogP contribution in [0.2, 0.25) is 0 Å². The second kappa shape index (κ2) is 9.55. The average Bonchev–Trinajstić information content (AvgIpc) is 2.77. The highest BCUT2D eigenvalue weighted by molar-refractivity contribution is 8.00. The number of thioether (sulfide) groups is 1. The minimum Gasteiger partial charge on any atom is -0.468 e. The molecule has 0 aromatic heterocycles. The molecule has 0 unspecified atom stereocenters. The summed E-state index contributed by atoms with van der Waals surface area (Å²) in [4.78, 5) is 38.2. The number of carbonyl (C=O) groups excluding carboxylic acids is 3. The van der Waals surface area contributed by atoms with E-state index in [1.807, 2.05) is 42.5 Å². The highest BCUT2D eigenvalue weighted by Crippen LogP contribution is 2.22. The van der Waals surface area contributed by atoms with E-state index in [0.29, 0.717) is 24.4 Å². The molecular formula is C22H23NO4S. The van der Waals surface area contributed by atoms with Gasteiger partial charge in [-0.1, -0.05) is 54.6 Å². The lowest BCUT2D eigenvalue weighted by molar-refractivity contribution is -0.141. The van der Waals surface area contributed by atoms with Crippen LogP contribution in [0.1, 0.15) is 23.2 Å². The topological polar surface area (TPSA) is 63.7 Å². The highest BCUT2D eigenvalue weighted by atomic mass is 32.2. The van der Waals surface area contributed by atoms with E-state index in [1.165, 1.54) is 18.9 Å². The minimum atomic E-state index is -0.344. The van der Waals surface area contributed by atoms with E-state index in [0.717, 1.165) is 11.1 Å². The van der Waals surface area contributed by atoms with Gasteiger partial charge >= 0.3 is 5.97 Å². The predicted molar refractivity (Wildman–Crippen MR) is 110 cm³/mol. The van der Waals surface area contributed by atoms with Crippen molar-refractivity contribution in [1.82, 2.24) is 4.90 Å². The van der Waals surface area contributed by atoms with Crippen LogP contribution in [0.3, 0.4) is 0 Å². The first-order valence-electron chi connectivity index (χ1n) is 9.24. The summed E-state index contributed by atoms with van der Waals surface area (Å²) in [7, 11) is 1.35. The summed E-state index contributed by atoms with van der Waals surface area (Å²) in [5, 5.41) is -0.344. The van der Waals surface area contributed by atoms with Gasteiger partial charge in [0.2, 0.25) is 5.91 Å². The maximum absolute atomic E-state index is 12.4. The first-order chi connectivity index (χ1) is 13.6. The number of benzene rings is 2. The number of carbonyl (C=O) groups is 3. The first kappa shape index (κ1) is 20.1. The average molecular weight is 397 g/mol. The Balaban J connectivity index is 1.53. The van der Waals surface area contributed by atoms with Crippen LogP contribution in [0.4, 0.5) is 0 Å². The normalized spacial score (nSPS) is 16.5. The Labute approximate surface area is 169 Å². The molecule has 0 radical (unpaired) electrons. The molecule has 0 N–H and O–H groups in total. The van der Waals surface area contributed by atoms with E-state index in [-0.39, 0.29) is 35.8 Å². The standard InChI is InChI=1S/C22H23NO4S/c1-27-22(26)20-15-23(13-14-28-20)21(25)12-11-19(24)18-9-7-17(8-10-18)16-5-3-2-4-6-16/h2-10,20H,11-15H2,1H3/t20-/m1/s1. The molecule has 0 saturated carbocycles. The molecule has 6 heteroatoms. The van der Waals surface area contributed by atoms with Gasteiger partial charge in [-0.3, -0.25) is 14.4 Å². The van der Waals surface area contributed by atoms with Crippen molar-refractivity contribution in [2.45, 2.75) is 18.1 Å². The number of methoxy groups -OCH3 is 1. The number of hydrogen-bond acceptors (Lipinski definition) is 5. The van der Waals surface area contributed by atoms with Crippen LogP contribution in [-0.2, 0) is 14.3 Å². The zero-order chi connectivity index (χ0) is 19.9. The summed E-state index contributed by atoms with van der Waals surface area (Å²) in [6.45, 7) is 0.938. The summed E-state index contributed by atoms with van der Waals surface area (Å²) >= 11 is 1.50. The monoisotopic (exact) mass is 397 g/mol. The largest absolute Gasteiger partial charge is 0.468 e. The molecule has 1 saturated heterocycles. The zero-order valence-electron chi connectivity index (χ0n) is 15.8. The highest BCUT2D eigenvalue weighted by Gasteiger charge is 2.29. The molecule has 1 amide bonds. The van der Waals surface area contributed by atoms with Crippen molar-refractivity contribution in [2.24, 2.45) is 0 Å². The smallest absolute Gasteiger partial charge is 0.320 e. The summed E-state index contributed by atoms with van der Waals surface area (Å²) in [5.74, 6) is 0.241. The number of rotatable bonds is 6. The number of nitrogens with zero attached hydrogens (tertiary/aromatic N) is 1. The Kier molecular flexibility index (Phi) is 6.87.